The zero-order valence-corrected chi connectivity index (χ0v) is 22.7. The van der Waals surface area contributed by atoms with Crippen molar-refractivity contribution in [1.82, 2.24) is 0 Å². The van der Waals surface area contributed by atoms with Crippen molar-refractivity contribution in [3.8, 4) is 23.0 Å². The van der Waals surface area contributed by atoms with Gasteiger partial charge in [0.15, 0.2) is 11.5 Å². The number of Topliss-reactive ketones (excluding diaryl/α,β-unsaturated/α-hetero) is 1. The number of rotatable bonds is 17. The molecule has 4 atom stereocenters. The van der Waals surface area contributed by atoms with Crippen LogP contribution in [0.3, 0.4) is 0 Å². The van der Waals surface area contributed by atoms with Crippen molar-refractivity contribution in [2.75, 3.05) is 21.3 Å². The van der Waals surface area contributed by atoms with E-state index < -0.39 is 12.2 Å². The summed E-state index contributed by atoms with van der Waals surface area (Å²) in [6.45, 7) is 2.12. The Labute approximate surface area is 220 Å². The lowest BCUT2D eigenvalue weighted by Gasteiger charge is -2.18. The number of aliphatic hydroxyl groups is 2. The van der Waals surface area contributed by atoms with E-state index in [0.29, 0.717) is 42.3 Å². The van der Waals surface area contributed by atoms with Crippen LogP contribution in [-0.2, 0) is 9.59 Å². The molecule has 0 aliphatic heterocycles. The molecule has 0 unspecified atom stereocenters. The molecule has 0 spiro atoms. The third-order valence-electron chi connectivity index (χ3n) is 6.91. The van der Waals surface area contributed by atoms with Gasteiger partial charge in [-0.2, -0.15) is 0 Å². The Bertz CT molecular complexity index is 856. The molecule has 0 radical (unpaired) electrons. The highest BCUT2D eigenvalue weighted by Crippen LogP contribution is 2.41. The van der Waals surface area contributed by atoms with Crippen molar-refractivity contribution in [1.29, 1.82) is 0 Å². The lowest BCUT2D eigenvalue weighted by Crippen LogP contribution is -2.19. The predicted octanol–water partition coefficient (Wildman–Crippen LogP) is 5.02. The second kappa shape index (κ2) is 16.3. The molecule has 2 rings (SSSR count). The smallest absolute Gasteiger partial charge is 0.311 e. The minimum atomic E-state index is -0.679. The van der Waals surface area contributed by atoms with E-state index in [1.54, 1.807) is 18.2 Å². The Morgan fingerprint density at radius 1 is 1.03 bits per heavy atom. The highest BCUT2D eigenvalue weighted by Gasteiger charge is 2.39. The van der Waals surface area contributed by atoms with Crippen LogP contribution in [0.25, 0.3) is 0 Å². The van der Waals surface area contributed by atoms with Gasteiger partial charge in [-0.05, 0) is 19.3 Å². The fourth-order valence-electron chi connectivity index (χ4n) is 4.83. The maximum Gasteiger partial charge on any atom is 0.311 e. The van der Waals surface area contributed by atoms with Gasteiger partial charge in [0.25, 0.3) is 0 Å². The Hall–Kier alpha value is -2.58. The van der Waals surface area contributed by atoms with Gasteiger partial charge < -0.3 is 29.2 Å². The molecule has 37 heavy (non-hydrogen) atoms. The second-order valence-corrected chi connectivity index (χ2v) is 9.66. The Morgan fingerprint density at radius 3 is 2.32 bits per heavy atom. The second-order valence-electron chi connectivity index (χ2n) is 9.66. The summed E-state index contributed by atoms with van der Waals surface area (Å²) in [4.78, 5) is 24.7. The van der Waals surface area contributed by atoms with Crippen LogP contribution in [0.15, 0.2) is 24.3 Å². The summed E-state index contributed by atoms with van der Waals surface area (Å²) in [6, 6.07) is 3.17. The van der Waals surface area contributed by atoms with E-state index in [0.717, 1.165) is 38.5 Å². The molecule has 208 valence electrons. The third-order valence-corrected chi connectivity index (χ3v) is 6.91. The summed E-state index contributed by atoms with van der Waals surface area (Å²) in [6.07, 6.45) is 10.6. The van der Waals surface area contributed by atoms with E-state index in [1.807, 2.05) is 6.08 Å². The van der Waals surface area contributed by atoms with Gasteiger partial charge >= 0.3 is 5.97 Å². The monoisotopic (exact) mass is 520 g/mol. The first-order chi connectivity index (χ1) is 17.8. The fraction of sp³-hybridized carbons (Fsp3) is 0.655. The number of esters is 1. The number of carbonyl (C=O) groups excluding carboxylic acids is 2. The average Bonchev–Trinajstić information content (AvgIpc) is 3.15. The van der Waals surface area contributed by atoms with E-state index in [9.17, 15) is 19.8 Å². The summed E-state index contributed by atoms with van der Waals surface area (Å²) in [5.74, 6) is 0.889. The lowest BCUT2D eigenvalue weighted by molar-refractivity contribution is -0.134. The van der Waals surface area contributed by atoms with Crippen LogP contribution in [0, 0.1) is 11.8 Å². The first kappa shape index (κ1) is 30.6. The van der Waals surface area contributed by atoms with Gasteiger partial charge in [0.2, 0.25) is 5.75 Å². The van der Waals surface area contributed by atoms with Gasteiger partial charge in [-0.25, -0.2) is 0 Å². The van der Waals surface area contributed by atoms with Gasteiger partial charge in [0, 0.05) is 36.8 Å². The van der Waals surface area contributed by atoms with Gasteiger partial charge in [0.05, 0.1) is 33.5 Å². The van der Waals surface area contributed by atoms with E-state index in [2.05, 4.69) is 6.92 Å². The minimum Gasteiger partial charge on any atom is -0.493 e. The van der Waals surface area contributed by atoms with Crippen LogP contribution in [0.1, 0.15) is 77.6 Å². The quantitative estimate of drug-likeness (QED) is 0.127. The van der Waals surface area contributed by atoms with Crippen molar-refractivity contribution in [2.45, 2.75) is 89.8 Å². The first-order valence-corrected chi connectivity index (χ1v) is 13.4. The van der Waals surface area contributed by atoms with E-state index >= 15 is 0 Å². The highest BCUT2D eigenvalue weighted by molar-refractivity contribution is 5.84. The molecule has 1 saturated carbocycles. The molecule has 1 fully saturated rings. The van der Waals surface area contributed by atoms with Crippen LogP contribution in [-0.4, -0.2) is 55.5 Å². The molecule has 8 nitrogen and oxygen atoms in total. The van der Waals surface area contributed by atoms with Gasteiger partial charge in [-0.15, -0.1) is 0 Å². The molecule has 0 heterocycles. The summed E-state index contributed by atoms with van der Waals surface area (Å²) in [5, 5.41) is 20.5. The van der Waals surface area contributed by atoms with Gasteiger partial charge in [-0.1, -0.05) is 57.6 Å². The average molecular weight is 521 g/mol. The number of ketones is 1. The van der Waals surface area contributed by atoms with Crippen LogP contribution in [0.4, 0.5) is 0 Å². The van der Waals surface area contributed by atoms with Crippen molar-refractivity contribution < 1.29 is 38.7 Å². The number of carbonyl (C=O) groups is 2. The topological polar surface area (TPSA) is 112 Å². The van der Waals surface area contributed by atoms with Gasteiger partial charge in [-0.3, -0.25) is 9.59 Å². The summed E-state index contributed by atoms with van der Waals surface area (Å²) in [7, 11) is 4.51. The maximum atomic E-state index is 12.4. The molecule has 0 saturated heterocycles. The number of hydrogen-bond acceptors (Lipinski definition) is 8. The molecule has 1 aromatic carbocycles. The van der Waals surface area contributed by atoms with Crippen molar-refractivity contribution in [2.24, 2.45) is 11.8 Å². The normalized spacial score (nSPS) is 20.3. The van der Waals surface area contributed by atoms with E-state index in [-0.39, 0.29) is 36.4 Å². The van der Waals surface area contributed by atoms with Crippen molar-refractivity contribution in [3.05, 3.63) is 24.3 Å². The Kier molecular flexibility index (Phi) is 13.5. The molecule has 0 aromatic heterocycles. The minimum absolute atomic E-state index is 0.0940. The maximum absolute atomic E-state index is 12.4. The van der Waals surface area contributed by atoms with Crippen LogP contribution in [0.5, 0.6) is 23.0 Å². The molecule has 2 N–H and O–H groups in total. The first-order valence-electron chi connectivity index (χ1n) is 13.4. The number of ether oxygens (including phenoxy) is 4. The zero-order valence-electron chi connectivity index (χ0n) is 22.7. The fourth-order valence-corrected chi connectivity index (χ4v) is 4.83. The van der Waals surface area contributed by atoms with Crippen LogP contribution >= 0.6 is 0 Å². The number of methoxy groups -OCH3 is 3. The Balaban J connectivity index is 1.74. The molecule has 0 amide bonds. The van der Waals surface area contributed by atoms with E-state index in [1.165, 1.54) is 21.3 Å². The summed E-state index contributed by atoms with van der Waals surface area (Å²) in [5.41, 5.74) is 0. The van der Waals surface area contributed by atoms with Crippen LogP contribution < -0.4 is 18.9 Å². The number of benzene rings is 1. The third kappa shape index (κ3) is 9.67. The number of aliphatic hydroxyl groups excluding tert-OH is 2. The molecule has 1 aliphatic rings. The highest BCUT2D eigenvalue weighted by atomic mass is 16.5. The predicted molar refractivity (Wildman–Crippen MR) is 141 cm³/mol. The molecule has 8 heteroatoms. The largest absolute Gasteiger partial charge is 0.493 e. The molecule has 1 aliphatic carbocycles. The van der Waals surface area contributed by atoms with Crippen LogP contribution in [0.2, 0.25) is 0 Å². The number of hydrogen-bond donors (Lipinski definition) is 2. The molecule has 1 aromatic rings. The Morgan fingerprint density at radius 2 is 1.70 bits per heavy atom. The standard InChI is InChI=1S/C29H44O8/c1-5-6-9-12-20(30)15-16-23-22(24(31)19-25(23)32)13-10-7-8-11-14-28(33)37-21-17-26(34-2)29(36-4)27(18-21)35-3/h15-18,20,22-23,25,30,32H,5-14,19H2,1-4H3/b16-15+/t20-,22+,23+,25+/m0/s1. The molecular formula is C29H44O8. The lowest BCUT2D eigenvalue weighted by atomic mass is 9.88. The zero-order chi connectivity index (χ0) is 27.2. The molecule has 0 bridgehead atoms. The summed E-state index contributed by atoms with van der Waals surface area (Å²) >= 11 is 0. The summed E-state index contributed by atoms with van der Waals surface area (Å²) < 4.78 is 21.3. The van der Waals surface area contributed by atoms with Gasteiger partial charge in [0.1, 0.15) is 11.5 Å². The SMILES string of the molecule is CCCCC[C@H](O)/C=C/[C@H]1[C@H](O)CC(=O)[C@@H]1CCCCCCC(=O)Oc1cc(OC)c(OC)c(OC)c1. The van der Waals surface area contributed by atoms with Crippen molar-refractivity contribution in [3.63, 3.8) is 0 Å². The number of unbranched alkanes of at least 4 members (excludes halogenated alkanes) is 5. The van der Waals surface area contributed by atoms with E-state index in [4.69, 9.17) is 18.9 Å². The van der Waals surface area contributed by atoms with Crippen molar-refractivity contribution >= 4 is 11.8 Å². The molecular weight excluding hydrogens is 476 g/mol.